The van der Waals surface area contributed by atoms with Crippen LogP contribution in [0.4, 0.5) is 0 Å². The van der Waals surface area contributed by atoms with E-state index >= 15 is 0 Å². The van der Waals surface area contributed by atoms with Crippen molar-refractivity contribution in [1.29, 1.82) is 0 Å². The number of carbonyl (C=O) groups is 2. The molecule has 1 aromatic carbocycles. The maximum atomic E-state index is 12.4. The first-order valence-electron chi connectivity index (χ1n) is 5.96. The molecule has 0 saturated carbocycles. The van der Waals surface area contributed by atoms with Gasteiger partial charge < -0.3 is 10.0 Å². The molecule has 102 valence electrons. The fourth-order valence-electron chi connectivity index (χ4n) is 2.36. The molecule has 0 bridgehead atoms. The molecule has 1 atom stereocenters. The molecule has 1 aliphatic rings. The number of carboxylic acid groups (broad SMARTS) is 1. The number of rotatable bonds is 3. The lowest BCUT2D eigenvalue weighted by Gasteiger charge is -2.23. The summed E-state index contributed by atoms with van der Waals surface area (Å²) in [7, 11) is 0. The van der Waals surface area contributed by atoms with Gasteiger partial charge in [0.15, 0.2) is 0 Å². The van der Waals surface area contributed by atoms with Gasteiger partial charge in [-0.05, 0) is 31.0 Å². The number of likely N-dealkylation sites (tertiary alicyclic amines) is 1. The van der Waals surface area contributed by atoms with E-state index in [9.17, 15) is 9.59 Å². The molecule has 0 radical (unpaired) electrons. The Morgan fingerprint density at radius 1 is 1.26 bits per heavy atom. The molecule has 1 N–H and O–H groups in total. The largest absolute Gasteiger partial charge is 0.481 e. The van der Waals surface area contributed by atoms with Crippen LogP contribution in [-0.2, 0) is 4.79 Å². The molecule has 0 aliphatic carbocycles. The number of halogens is 2. The summed E-state index contributed by atoms with van der Waals surface area (Å²) in [6.45, 7) is 0.570. The fourth-order valence-corrected chi connectivity index (χ4v) is 2.89. The lowest BCUT2D eigenvalue weighted by molar-refractivity contribution is -0.137. The number of benzene rings is 1. The molecular weight excluding hydrogens is 289 g/mol. The molecule has 6 heteroatoms. The number of aliphatic carboxylic acids is 1. The number of carboxylic acids is 1. The zero-order valence-corrected chi connectivity index (χ0v) is 11.6. The molecule has 19 heavy (non-hydrogen) atoms. The standard InChI is InChI=1S/C13H13Cl2NO3/c14-9-4-8(5-10(15)6-9)13(19)16-3-1-2-11(16)7-12(17)18/h4-6,11H,1-3,7H2,(H,17,18). The summed E-state index contributed by atoms with van der Waals surface area (Å²) in [4.78, 5) is 24.7. The summed E-state index contributed by atoms with van der Waals surface area (Å²) in [5, 5.41) is 9.64. The van der Waals surface area contributed by atoms with Crippen LogP contribution in [0.15, 0.2) is 18.2 Å². The van der Waals surface area contributed by atoms with Crippen LogP contribution >= 0.6 is 23.2 Å². The Hall–Kier alpha value is -1.26. The number of amides is 1. The molecule has 1 heterocycles. The summed E-state index contributed by atoms with van der Waals surface area (Å²) in [6.07, 6.45) is 1.50. The normalized spacial score (nSPS) is 18.6. The van der Waals surface area contributed by atoms with Crippen LogP contribution in [0.2, 0.25) is 10.0 Å². The highest BCUT2D eigenvalue weighted by Crippen LogP contribution is 2.25. The lowest BCUT2D eigenvalue weighted by atomic mass is 10.1. The monoisotopic (exact) mass is 301 g/mol. The summed E-state index contributed by atoms with van der Waals surface area (Å²) >= 11 is 11.7. The van der Waals surface area contributed by atoms with Gasteiger partial charge in [0.25, 0.3) is 5.91 Å². The second-order valence-corrected chi connectivity index (χ2v) is 5.42. The third kappa shape index (κ3) is 3.39. The minimum Gasteiger partial charge on any atom is -0.481 e. The molecule has 2 rings (SSSR count). The third-order valence-corrected chi connectivity index (χ3v) is 3.59. The van der Waals surface area contributed by atoms with Crippen molar-refractivity contribution >= 4 is 35.1 Å². The SMILES string of the molecule is O=C(O)CC1CCCN1C(=O)c1cc(Cl)cc(Cl)c1. The van der Waals surface area contributed by atoms with E-state index < -0.39 is 5.97 Å². The molecule has 1 unspecified atom stereocenters. The van der Waals surface area contributed by atoms with Gasteiger partial charge in [-0.25, -0.2) is 0 Å². The number of hydrogen-bond acceptors (Lipinski definition) is 2. The fraction of sp³-hybridized carbons (Fsp3) is 0.385. The second kappa shape index (κ2) is 5.80. The van der Waals surface area contributed by atoms with Gasteiger partial charge in [0.05, 0.1) is 6.42 Å². The van der Waals surface area contributed by atoms with Crippen molar-refractivity contribution in [2.75, 3.05) is 6.54 Å². The summed E-state index contributed by atoms with van der Waals surface area (Å²) in [5.74, 6) is -1.11. The van der Waals surface area contributed by atoms with Crippen LogP contribution in [0.25, 0.3) is 0 Å². The van der Waals surface area contributed by atoms with E-state index in [0.717, 1.165) is 6.42 Å². The second-order valence-electron chi connectivity index (χ2n) is 4.55. The van der Waals surface area contributed by atoms with Gasteiger partial charge in [-0.3, -0.25) is 9.59 Å². The number of nitrogens with zero attached hydrogens (tertiary/aromatic N) is 1. The minimum atomic E-state index is -0.895. The van der Waals surface area contributed by atoms with E-state index in [1.807, 2.05) is 0 Å². The van der Waals surface area contributed by atoms with Crippen LogP contribution in [0.1, 0.15) is 29.6 Å². The Balaban J connectivity index is 2.20. The van der Waals surface area contributed by atoms with E-state index in [4.69, 9.17) is 28.3 Å². The Kier molecular flexibility index (Phi) is 4.32. The van der Waals surface area contributed by atoms with Crippen LogP contribution < -0.4 is 0 Å². The molecule has 1 saturated heterocycles. The molecule has 1 aliphatic heterocycles. The average molecular weight is 302 g/mol. The van der Waals surface area contributed by atoms with Crippen molar-refractivity contribution in [3.05, 3.63) is 33.8 Å². The van der Waals surface area contributed by atoms with Gasteiger partial charge in [0.2, 0.25) is 0 Å². The first-order chi connectivity index (χ1) is 8.97. The van der Waals surface area contributed by atoms with Crippen molar-refractivity contribution in [2.45, 2.75) is 25.3 Å². The van der Waals surface area contributed by atoms with E-state index in [2.05, 4.69) is 0 Å². The van der Waals surface area contributed by atoms with Gasteiger partial charge in [-0.15, -0.1) is 0 Å². The maximum Gasteiger partial charge on any atom is 0.305 e. The molecule has 0 spiro atoms. The topological polar surface area (TPSA) is 57.6 Å². The Bertz CT molecular complexity index is 498. The highest BCUT2D eigenvalue weighted by Gasteiger charge is 2.31. The van der Waals surface area contributed by atoms with Crippen molar-refractivity contribution < 1.29 is 14.7 Å². The molecule has 0 aromatic heterocycles. The van der Waals surface area contributed by atoms with Gasteiger partial charge in [0.1, 0.15) is 0 Å². The summed E-state index contributed by atoms with van der Waals surface area (Å²) < 4.78 is 0. The lowest BCUT2D eigenvalue weighted by Crippen LogP contribution is -2.36. The predicted molar refractivity (Wildman–Crippen MR) is 72.8 cm³/mol. The first kappa shape index (κ1) is 14.2. The highest BCUT2D eigenvalue weighted by molar-refractivity contribution is 6.35. The van der Waals surface area contributed by atoms with Crippen LogP contribution in [0, 0.1) is 0 Å². The molecule has 1 aromatic rings. The van der Waals surface area contributed by atoms with Crippen LogP contribution in [-0.4, -0.2) is 34.5 Å². The van der Waals surface area contributed by atoms with E-state index in [0.29, 0.717) is 28.6 Å². The van der Waals surface area contributed by atoms with E-state index in [-0.39, 0.29) is 18.4 Å². The zero-order valence-electron chi connectivity index (χ0n) is 10.1. The van der Waals surface area contributed by atoms with Crippen molar-refractivity contribution in [2.24, 2.45) is 0 Å². The maximum absolute atomic E-state index is 12.4. The zero-order chi connectivity index (χ0) is 14.0. The highest BCUT2D eigenvalue weighted by atomic mass is 35.5. The van der Waals surface area contributed by atoms with Crippen LogP contribution in [0.5, 0.6) is 0 Å². The summed E-state index contributed by atoms with van der Waals surface area (Å²) in [5.41, 5.74) is 0.398. The van der Waals surface area contributed by atoms with E-state index in [1.54, 1.807) is 23.1 Å². The van der Waals surface area contributed by atoms with Gasteiger partial charge in [0, 0.05) is 28.2 Å². The first-order valence-corrected chi connectivity index (χ1v) is 6.72. The number of hydrogen-bond donors (Lipinski definition) is 1. The predicted octanol–water partition coefficient (Wildman–Crippen LogP) is 3.07. The van der Waals surface area contributed by atoms with Crippen LogP contribution in [0.3, 0.4) is 0 Å². The Morgan fingerprint density at radius 3 is 2.47 bits per heavy atom. The summed E-state index contributed by atoms with van der Waals surface area (Å²) in [6, 6.07) is 4.40. The van der Waals surface area contributed by atoms with Crippen molar-refractivity contribution in [1.82, 2.24) is 4.90 Å². The number of carbonyl (C=O) groups excluding carboxylic acids is 1. The van der Waals surface area contributed by atoms with E-state index in [1.165, 1.54) is 0 Å². The Labute approximate surface area is 120 Å². The van der Waals surface area contributed by atoms with Gasteiger partial charge >= 0.3 is 5.97 Å². The quantitative estimate of drug-likeness (QED) is 0.933. The van der Waals surface area contributed by atoms with Gasteiger partial charge in [-0.1, -0.05) is 23.2 Å². The molecule has 1 fully saturated rings. The molecular formula is C13H13Cl2NO3. The van der Waals surface area contributed by atoms with Gasteiger partial charge in [-0.2, -0.15) is 0 Å². The van der Waals surface area contributed by atoms with Crippen molar-refractivity contribution in [3.63, 3.8) is 0 Å². The smallest absolute Gasteiger partial charge is 0.305 e. The third-order valence-electron chi connectivity index (χ3n) is 3.16. The molecule has 1 amide bonds. The molecule has 4 nitrogen and oxygen atoms in total. The minimum absolute atomic E-state index is 0.0277. The van der Waals surface area contributed by atoms with Crippen molar-refractivity contribution in [3.8, 4) is 0 Å². The average Bonchev–Trinajstić information content (AvgIpc) is 2.73. The Morgan fingerprint density at radius 2 is 1.89 bits per heavy atom.